The van der Waals surface area contributed by atoms with Crippen LogP contribution in [0.4, 0.5) is 5.69 Å². The monoisotopic (exact) mass is 637 g/mol. The highest BCUT2D eigenvalue weighted by molar-refractivity contribution is 7.92. The quantitative estimate of drug-likeness (QED) is 0.235. The summed E-state index contributed by atoms with van der Waals surface area (Å²) in [5, 5.41) is 3.90. The van der Waals surface area contributed by atoms with Crippen LogP contribution in [-0.2, 0) is 26.2 Å². The van der Waals surface area contributed by atoms with E-state index >= 15 is 0 Å². The van der Waals surface area contributed by atoms with Crippen molar-refractivity contribution in [1.82, 2.24) is 10.2 Å². The summed E-state index contributed by atoms with van der Waals surface area (Å²) in [4.78, 5) is 28.8. The molecule has 3 rings (SSSR count). The predicted octanol–water partition coefficient (Wildman–Crippen LogP) is 6.87. The average Bonchev–Trinajstić information content (AvgIpc) is 2.92. The SMILES string of the molecule is CC[C@H](C)NC(=O)[C@H](CC)N(Cc1ccc(Cl)cc1)C(=O)CN(c1cc(Cl)cc(Cl)c1)S(=O)(=O)c1ccc(C)cc1. The van der Waals surface area contributed by atoms with E-state index in [1.165, 1.54) is 35.2 Å². The zero-order chi connectivity index (χ0) is 30.3. The van der Waals surface area contributed by atoms with Crippen molar-refractivity contribution in [3.05, 3.63) is 92.9 Å². The Bertz CT molecular complexity index is 1450. The van der Waals surface area contributed by atoms with E-state index in [1.54, 1.807) is 43.3 Å². The smallest absolute Gasteiger partial charge is 0.264 e. The Kier molecular flexibility index (Phi) is 11.5. The number of halogens is 3. The molecule has 1 N–H and O–H groups in total. The summed E-state index contributed by atoms with van der Waals surface area (Å²) >= 11 is 18.5. The second kappa shape index (κ2) is 14.4. The molecule has 0 saturated carbocycles. The molecule has 3 aromatic rings. The molecule has 0 spiro atoms. The standard InChI is InChI=1S/C30H34Cl3N3O4S/c1-5-21(4)34-30(38)28(6-2)35(18-22-9-11-23(31)12-10-22)29(37)19-36(26-16-24(32)15-25(33)17-26)41(39,40)27-13-7-20(3)8-14-27/h7-17,21,28H,5-6,18-19H2,1-4H3,(H,34,38)/t21-,28-/m0/s1. The summed E-state index contributed by atoms with van der Waals surface area (Å²) in [7, 11) is -4.24. The normalized spacial score (nSPS) is 12.9. The van der Waals surface area contributed by atoms with Crippen molar-refractivity contribution in [1.29, 1.82) is 0 Å². The molecule has 2 amide bonds. The molecule has 3 aromatic carbocycles. The Hall–Kier alpha value is -2.78. The van der Waals surface area contributed by atoms with Crippen LogP contribution < -0.4 is 9.62 Å². The first-order chi connectivity index (χ1) is 19.3. The van der Waals surface area contributed by atoms with E-state index in [1.807, 2.05) is 20.8 Å². The number of aryl methyl sites for hydroxylation is 1. The van der Waals surface area contributed by atoms with Crippen molar-refractivity contribution in [2.45, 2.75) is 64.1 Å². The Morgan fingerprint density at radius 3 is 1.98 bits per heavy atom. The molecule has 0 bridgehead atoms. The van der Waals surface area contributed by atoms with E-state index in [-0.39, 0.29) is 39.1 Å². The molecule has 0 heterocycles. The van der Waals surface area contributed by atoms with Crippen LogP contribution >= 0.6 is 34.8 Å². The van der Waals surface area contributed by atoms with Gasteiger partial charge in [-0.05, 0) is 74.7 Å². The van der Waals surface area contributed by atoms with E-state index in [0.717, 1.165) is 15.4 Å². The van der Waals surface area contributed by atoms with Crippen molar-refractivity contribution in [2.75, 3.05) is 10.8 Å². The number of anilines is 1. The fourth-order valence-corrected chi connectivity index (χ4v) is 6.23. The first kappa shape index (κ1) is 32.7. The second-order valence-electron chi connectivity index (χ2n) is 9.84. The molecule has 0 aliphatic carbocycles. The van der Waals surface area contributed by atoms with E-state index < -0.39 is 28.5 Å². The molecule has 0 aliphatic heterocycles. The van der Waals surface area contributed by atoms with Crippen LogP contribution in [-0.4, -0.2) is 43.8 Å². The lowest BCUT2D eigenvalue weighted by Crippen LogP contribution is -2.53. The molecule has 0 unspecified atom stereocenters. The van der Waals surface area contributed by atoms with Gasteiger partial charge in [-0.15, -0.1) is 0 Å². The number of nitrogens with zero attached hydrogens (tertiary/aromatic N) is 2. The minimum atomic E-state index is -4.24. The zero-order valence-corrected chi connectivity index (χ0v) is 26.5. The molecule has 7 nitrogen and oxygen atoms in total. The number of amides is 2. The lowest BCUT2D eigenvalue weighted by atomic mass is 10.1. The highest BCUT2D eigenvalue weighted by atomic mass is 35.5. The lowest BCUT2D eigenvalue weighted by molar-refractivity contribution is -0.140. The van der Waals surface area contributed by atoms with E-state index in [0.29, 0.717) is 17.9 Å². The molecule has 11 heteroatoms. The Morgan fingerprint density at radius 2 is 1.44 bits per heavy atom. The number of hydrogen-bond donors (Lipinski definition) is 1. The van der Waals surface area contributed by atoms with E-state index in [2.05, 4.69) is 5.32 Å². The third kappa shape index (κ3) is 8.61. The largest absolute Gasteiger partial charge is 0.352 e. The lowest BCUT2D eigenvalue weighted by Gasteiger charge is -2.33. The summed E-state index contributed by atoms with van der Waals surface area (Å²) in [5.74, 6) is -0.888. The summed E-state index contributed by atoms with van der Waals surface area (Å²) in [6, 6.07) is 16.6. The van der Waals surface area contributed by atoms with Crippen LogP contribution in [0.3, 0.4) is 0 Å². The molecule has 0 saturated heterocycles. The minimum absolute atomic E-state index is 0.00203. The van der Waals surface area contributed by atoms with Gasteiger partial charge in [0, 0.05) is 27.7 Å². The van der Waals surface area contributed by atoms with Gasteiger partial charge in [-0.1, -0.05) is 78.5 Å². The summed E-state index contributed by atoms with van der Waals surface area (Å²) in [6.45, 7) is 6.96. The van der Waals surface area contributed by atoms with Crippen molar-refractivity contribution < 1.29 is 18.0 Å². The number of rotatable bonds is 12. The van der Waals surface area contributed by atoms with Crippen LogP contribution in [0.1, 0.15) is 44.7 Å². The van der Waals surface area contributed by atoms with Gasteiger partial charge in [0.05, 0.1) is 10.6 Å². The molecule has 0 aliphatic rings. The van der Waals surface area contributed by atoms with Crippen LogP contribution in [0.2, 0.25) is 15.1 Å². The van der Waals surface area contributed by atoms with Crippen LogP contribution in [0, 0.1) is 6.92 Å². The number of carbonyl (C=O) groups is 2. The first-order valence-corrected chi connectivity index (χ1v) is 15.8. The van der Waals surface area contributed by atoms with Crippen molar-refractivity contribution in [3.8, 4) is 0 Å². The Labute approximate surface area is 257 Å². The topological polar surface area (TPSA) is 86.8 Å². The van der Waals surface area contributed by atoms with Crippen LogP contribution in [0.15, 0.2) is 71.6 Å². The maximum atomic E-state index is 14.1. The van der Waals surface area contributed by atoms with Gasteiger partial charge in [0.25, 0.3) is 10.0 Å². The molecule has 0 fully saturated rings. The van der Waals surface area contributed by atoms with Crippen molar-refractivity contribution in [2.24, 2.45) is 0 Å². The third-order valence-corrected chi connectivity index (χ3v) is 9.15. The molecular weight excluding hydrogens is 605 g/mol. The van der Waals surface area contributed by atoms with E-state index in [9.17, 15) is 18.0 Å². The number of benzene rings is 3. The number of sulfonamides is 1. The number of nitrogens with one attached hydrogen (secondary N) is 1. The Balaban J connectivity index is 2.09. The van der Waals surface area contributed by atoms with Crippen molar-refractivity contribution in [3.63, 3.8) is 0 Å². The average molecular weight is 639 g/mol. The van der Waals surface area contributed by atoms with E-state index in [4.69, 9.17) is 34.8 Å². The first-order valence-electron chi connectivity index (χ1n) is 13.3. The molecular formula is C30H34Cl3N3O4S. The second-order valence-corrected chi connectivity index (χ2v) is 13.0. The highest BCUT2D eigenvalue weighted by Gasteiger charge is 2.34. The maximum absolute atomic E-state index is 14.1. The molecule has 0 radical (unpaired) electrons. The summed E-state index contributed by atoms with van der Waals surface area (Å²) in [6.07, 6.45) is 1.03. The molecule has 220 valence electrons. The van der Waals surface area contributed by atoms with Gasteiger partial charge in [0.1, 0.15) is 12.6 Å². The van der Waals surface area contributed by atoms with Gasteiger partial charge in [0.2, 0.25) is 11.8 Å². The summed E-state index contributed by atoms with van der Waals surface area (Å²) < 4.78 is 28.9. The fourth-order valence-electron chi connectivity index (χ4n) is 4.20. The zero-order valence-electron chi connectivity index (χ0n) is 23.4. The number of hydrogen-bond acceptors (Lipinski definition) is 4. The third-order valence-electron chi connectivity index (χ3n) is 6.68. The highest BCUT2D eigenvalue weighted by Crippen LogP contribution is 2.30. The number of carbonyl (C=O) groups excluding carboxylic acids is 2. The van der Waals surface area contributed by atoms with Gasteiger partial charge in [-0.3, -0.25) is 13.9 Å². The van der Waals surface area contributed by atoms with Crippen LogP contribution in [0.5, 0.6) is 0 Å². The van der Waals surface area contributed by atoms with Crippen LogP contribution in [0.25, 0.3) is 0 Å². The van der Waals surface area contributed by atoms with Gasteiger partial charge in [-0.2, -0.15) is 0 Å². The predicted molar refractivity (Wildman–Crippen MR) is 166 cm³/mol. The maximum Gasteiger partial charge on any atom is 0.264 e. The van der Waals surface area contributed by atoms with Gasteiger partial charge < -0.3 is 10.2 Å². The van der Waals surface area contributed by atoms with Gasteiger partial charge >= 0.3 is 0 Å². The summed E-state index contributed by atoms with van der Waals surface area (Å²) in [5.41, 5.74) is 1.74. The minimum Gasteiger partial charge on any atom is -0.352 e. The Morgan fingerprint density at radius 1 is 0.854 bits per heavy atom. The van der Waals surface area contributed by atoms with Crippen molar-refractivity contribution >= 4 is 62.3 Å². The molecule has 41 heavy (non-hydrogen) atoms. The molecule has 2 atom stereocenters. The molecule has 0 aromatic heterocycles. The fraction of sp³-hybridized carbons (Fsp3) is 0.333. The van der Waals surface area contributed by atoms with Gasteiger partial charge in [-0.25, -0.2) is 8.42 Å². The van der Waals surface area contributed by atoms with Gasteiger partial charge in [0.15, 0.2) is 0 Å².